The van der Waals surface area contributed by atoms with Gasteiger partial charge in [-0.2, -0.15) is 0 Å². The van der Waals surface area contributed by atoms with Crippen molar-refractivity contribution >= 4 is 27.8 Å². The van der Waals surface area contributed by atoms with E-state index in [2.05, 4.69) is 4.98 Å². The van der Waals surface area contributed by atoms with E-state index in [-0.39, 0.29) is 11.9 Å². The number of fused-ring (bicyclic) bond motifs is 2. The highest BCUT2D eigenvalue weighted by Gasteiger charge is 2.23. The Hall–Kier alpha value is -3.01. The molecular weight excluding hydrogens is 300 g/mol. The lowest BCUT2D eigenvalue weighted by molar-refractivity contribution is 0.0722. The molecule has 2 aromatic heterocycles. The van der Waals surface area contributed by atoms with Crippen LogP contribution in [0.25, 0.3) is 21.9 Å². The van der Waals surface area contributed by atoms with Crippen LogP contribution in [0.5, 0.6) is 0 Å². The molecule has 4 heteroatoms. The van der Waals surface area contributed by atoms with Gasteiger partial charge in [-0.25, -0.2) is 0 Å². The second-order valence-electron chi connectivity index (χ2n) is 6.05. The summed E-state index contributed by atoms with van der Waals surface area (Å²) in [5, 5.41) is 2.08. The molecule has 0 spiro atoms. The van der Waals surface area contributed by atoms with E-state index in [1.165, 1.54) is 0 Å². The number of furan rings is 1. The van der Waals surface area contributed by atoms with Gasteiger partial charge in [0.05, 0.1) is 6.04 Å². The number of aromatic amines is 1. The maximum Gasteiger partial charge on any atom is 0.270 e. The number of hydrogen-bond donors (Lipinski definition) is 1. The largest absolute Gasteiger partial charge is 0.459 e. The molecule has 0 saturated heterocycles. The lowest BCUT2D eigenvalue weighted by atomic mass is 10.2. The van der Waals surface area contributed by atoms with E-state index < -0.39 is 0 Å². The molecule has 24 heavy (non-hydrogen) atoms. The Labute approximate surface area is 139 Å². The summed E-state index contributed by atoms with van der Waals surface area (Å²) in [6.45, 7) is 1.97. The lowest BCUT2D eigenvalue weighted by Gasteiger charge is -2.22. The number of carbonyl (C=O) groups is 1. The average molecular weight is 318 g/mol. The van der Waals surface area contributed by atoms with Gasteiger partial charge in [0.1, 0.15) is 17.0 Å². The van der Waals surface area contributed by atoms with Crippen molar-refractivity contribution in [3.05, 3.63) is 72.1 Å². The summed E-state index contributed by atoms with van der Waals surface area (Å²) in [6.07, 6.45) is 0. The van der Waals surface area contributed by atoms with E-state index in [1.807, 2.05) is 67.6 Å². The Balaban J connectivity index is 1.63. The van der Waals surface area contributed by atoms with Gasteiger partial charge >= 0.3 is 0 Å². The van der Waals surface area contributed by atoms with E-state index in [9.17, 15) is 4.79 Å². The molecule has 0 bridgehead atoms. The second-order valence-corrected chi connectivity index (χ2v) is 6.05. The Kier molecular flexibility index (Phi) is 3.38. The number of carbonyl (C=O) groups excluding carboxylic acids is 1. The first kappa shape index (κ1) is 14.6. The van der Waals surface area contributed by atoms with Crippen molar-refractivity contribution in [2.45, 2.75) is 13.0 Å². The minimum Gasteiger partial charge on any atom is -0.459 e. The lowest BCUT2D eigenvalue weighted by Crippen LogP contribution is -2.29. The highest BCUT2D eigenvalue weighted by molar-refractivity contribution is 5.98. The van der Waals surface area contributed by atoms with Gasteiger partial charge < -0.3 is 14.3 Å². The van der Waals surface area contributed by atoms with Crippen LogP contribution in [0.1, 0.15) is 29.2 Å². The van der Waals surface area contributed by atoms with Crippen LogP contribution in [-0.4, -0.2) is 22.8 Å². The Morgan fingerprint density at radius 3 is 2.50 bits per heavy atom. The van der Waals surface area contributed by atoms with Crippen molar-refractivity contribution in [2.24, 2.45) is 0 Å². The summed E-state index contributed by atoms with van der Waals surface area (Å²) in [6, 6.07) is 19.5. The van der Waals surface area contributed by atoms with Crippen LogP contribution < -0.4 is 0 Å². The van der Waals surface area contributed by atoms with Crippen LogP contribution in [0, 0.1) is 0 Å². The molecule has 0 unspecified atom stereocenters. The number of rotatable bonds is 3. The predicted octanol–water partition coefficient (Wildman–Crippen LogP) is 4.75. The van der Waals surface area contributed by atoms with Gasteiger partial charge in [-0.3, -0.25) is 4.79 Å². The summed E-state index contributed by atoms with van der Waals surface area (Å²) in [5.41, 5.74) is 2.39. The van der Waals surface area contributed by atoms with Gasteiger partial charge in [-0.1, -0.05) is 36.4 Å². The van der Waals surface area contributed by atoms with Gasteiger partial charge in [0.25, 0.3) is 5.91 Å². The fraction of sp³-hybridized carbons (Fsp3) is 0.150. The monoisotopic (exact) mass is 318 g/mol. The van der Waals surface area contributed by atoms with Crippen LogP contribution in [0.15, 0.2) is 65.1 Å². The summed E-state index contributed by atoms with van der Waals surface area (Å²) in [4.78, 5) is 17.7. The first-order valence-electron chi connectivity index (χ1n) is 7.97. The zero-order valence-electron chi connectivity index (χ0n) is 13.6. The number of aromatic nitrogens is 1. The minimum atomic E-state index is -0.156. The number of hydrogen-bond acceptors (Lipinski definition) is 2. The number of benzene rings is 2. The number of nitrogens with zero attached hydrogens (tertiary/aromatic N) is 1. The van der Waals surface area contributed by atoms with E-state index in [4.69, 9.17) is 4.42 Å². The first-order valence-corrected chi connectivity index (χ1v) is 7.97. The highest BCUT2D eigenvalue weighted by atomic mass is 16.3. The van der Waals surface area contributed by atoms with Gasteiger partial charge in [0, 0.05) is 23.3 Å². The molecule has 0 radical (unpaired) electrons. The molecule has 120 valence electrons. The third-order valence-electron chi connectivity index (χ3n) is 4.52. The average Bonchev–Trinajstić information content (AvgIpc) is 3.23. The second kappa shape index (κ2) is 5.57. The number of para-hydroxylation sites is 2. The molecular formula is C20H18N2O2. The first-order chi connectivity index (χ1) is 11.6. The fourth-order valence-corrected chi connectivity index (χ4v) is 2.95. The van der Waals surface area contributed by atoms with Gasteiger partial charge in [-0.15, -0.1) is 0 Å². The van der Waals surface area contributed by atoms with E-state index in [0.29, 0.717) is 5.69 Å². The summed E-state index contributed by atoms with van der Waals surface area (Å²) in [5.74, 6) is 0.724. The molecule has 0 aliphatic carbocycles. The van der Waals surface area contributed by atoms with Crippen LogP contribution in [0.2, 0.25) is 0 Å². The topological polar surface area (TPSA) is 49.2 Å². The van der Waals surface area contributed by atoms with Crippen LogP contribution in [0.3, 0.4) is 0 Å². The highest BCUT2D eigenvalue weighted by Crippen LogP contribution is 2.27. The Bertz CT molecular complexity index is 962. The van der Waals surface area contributed by atoms with E-state index in [0.717, 1.165) is 27.6 Å². The predicted molar refractivity (Wildman–Crippen MR) is 95.0 cm³/mol. The van der Waals surface area contributed by atoms with E-state index in [1.54, 1.807) is 11.9 Å². The summed E-state index contributed by atoms with van der Waals surface area (Å²) < 4.78 is 5.89. The van der Waals surface area contributed by atoms with Gasteiger partial charge in [-0.05, 0) is 31.2 Å². The fourth-order valence-electron chi connectivity index (χ4n) is 2.95. The molecule has 1 amide bonds. The molecule has 2 heterocycles. The SMILES string of the molecule is C[C@H](c1cc2ccccc2o1)N(C)C(=O)c1cc2ccccc2[nH]1. The Morgan fingerprint density at radius 1 is 1.04 bits per heavy atom. The Morgan fingerprint density at radius 2 is 1.75 bits per heavy atom. The molecule has 0 saturated carbocycles. The molecule has 1 N–H and O–H groups in total. The van der Waals surface area contributed by atoms with Crippen LogP contribution in [-0.2, 0) is 0 Å². The van der Waals surface area contributed by atoms with E-state index >= 15 is 0 Å². The molecule has 0 fully saturated rings. The zero-order valence-corrected chi connectivity index (χ0v) is 13.6. The summed E-state index contributed by atoms with van der Waals surface area (Å²) >= 11 is 0. The normalized spacial score (nSPS) is 12.6. The molecule has 1 atom stereocenters. The minimum absolute atomic E-state index is 0.0563. The molecule has 4 aromatic rings. The van der Waals surface area contributed by atoms with Gasteiger partial charge in [0.2, 0.25) is 0 Å². The van der Waals surface area contributed by atoms with Crippen molar-refractivity contribution in [1.82, 2.24) is 9.88 Å². The number of H-pyrrole nitrogens is 1. The standard InChI is InChI=1S/C20H18N2O2/c1-13(19-12-15-8-4-6-10-18(15)24-19)22(2)20(23)17-11-14-7-3-5-9-16(14)21-17/h3-13,21H,1-2H3/t13-/m1/s1. The maximum absolute atomic E-state index is 12.8. The smallest absolute Gasteiger partial charge is 0.270 e. The maximum atomic E-state index is 12.8. The van der Waals surface area contributed by atoms with Crippen LogP contribution >= 0.6 is 0 Å². The van der Waals surface area contributed by atoms with Crippen molar-refractivity contribution in [1.29, 1.82) is 0 Å². The van der Waals surface area contributed by atoms with Crippen LogP contribution in [0.4, 0.5) is 0 Å². The molecule has 4 rings (SSSR count). The third kappa shape index (κ3) is 2.36. The van der Waals surface area contributed by atoms with Crippen molar-refractivity contribution < 1.29 is 9.21 Å². The quantitative estimate of drug-likeness (QED) is 0.593. The molecule has 4 nitrogen and oxygen atoms in total. The van der Waals surface area contributed by atoms with Crippen molar-refractivity contribution in [3.63, 3.8) is 0 Å². The van der Waals surface area contributed by atoms with Gasteiger partial charge in [0.15, 0.2) is 0 Å². The summed E-state index contributed by atoms with van der Waals surface area (Å²) in [7, 11) is 1.80. The molecule has 0 aliphatic rings. The number of amides is 1. The van der Waals surface area contributed by atoms with Crippen molar-refractivity contribution in [3.8, 4) is 0 Å². The molecule has 0 aliphatic heterocycles. The third-order valence-corrected chi connectivity index (χ3v) is 4.52. The zero-order chi connectivity index (χ0) is 16.7. The molecule has 2 aromatic carbocycles. The van der Waals surface area contributed by atoms with Crippen molar-refractivity contribution in [2.75, 3.05) is 7.05 Å². The number of nitrogens with one attached hydrogen (secondary N) is 1.